The van der Waals surface area contributed by atoms with E-state index in [2.05, 4.69) is 96.4 Å². The average Bonchev–Trinajstić information content (AvgIpc) is 2.88. The summed E-state index contributed by atoms with van der Waals surface area (Å²) < 4.78 is 5.43. The average molecular weight is 455 g/mol. The molecule has 5 rings (SSSR count). The van der Waals surface area contributed by atoms with Crippen LogP contribution in [0.15, 0.2) is 84.9 Å². The molecule has 2 fully saturated rings. The van der Waals surface area contributed by atoms with Crippen molar-refractivity contribution in [3.8, 4) is 5.75 Å². The molecule has 0 radical (unpaired) electrons. The third-order valence-electron chi connectivity index (χ3n) is 7.65. The molecule has 3 aromatic carbocycles. The van der Waals surface area contributed by atoms with E-state index in [4.69, 9.17) is 4.74 Å². The van der Waals surface area contributed by atoms with Gasteiger partial charge in [-0.3, -0.25) is 0 Å². The third kappa shape index (κ3) is 4.18. The van der Waals surface area contributed by atoms with Gasteiger partial charge in [-0.15, -0.1) is 0 Å². The first-order valence-electron chi connectivity index (χ1n) is 12.2. The van der Waals surface area contributed by atoms with Crippen molar-refractivity contribution in [1.82, 2.24) is 0 Å². The lowest BCUT2D eigenvalue weighted by molar-refractivity contribution is -0.115. The standard InChI is InChI=1S/C30H34N2O2/c1-30(2)18-23(21-33)27-20-31(24-14-16-26(34-3)17-15-24)29(22-10-6-4-7-11-22)32(28(27)19-30)25-12-8-5-9-13-25/h4-17,21,23,27-29H,18-20H2,1-3H3. The zero-order valence-electron chi connectivity index (χ0n) is 20.3. The van der Waals surface area contributed by atoms with Gasteiger partial charge in [-0.25, -0.2) is 0 Å². The molecule has 0 spiro atoms. The van der Waals surface area contributed by atoms with Crippen LogP contribution in [0.2, 0.25) is 0 Å². The molecule has 1 aliphatic heterocycles. The molecule has 1 saturated carbocycles. The number of carbonyl (C=O) groups excluding carboxylic acids is 1. The van der Waals surface area contributed by atoms with E-state index >= 15 is 0 Å². The number of methoxy groups -OCH3 is 1. The largest absolute Gasteiger partial charge is 0.497 e. The van der Waals surface area contributed by atoms with E-state index in [-0.39, 0.29) is 29.5 Å². The van der Waals surface area contributed by atoms with Crippen molar-refractivity contribution in [3.63, 3.8) is 0 Å². The maximum Gasteiger partial charge on any atom is 0.128 e. The second-order valence-electron chi connectivity index (χ2n) is 10.5. The number of aldehydes is 1. The van der Waals surface area contributed by atoms with Crippen LogP contribution in [0.3, 0.4) is 0 Å². The Morgan fingerprint density at radius 2 is 1.50 bits per heavy atom. The molecular formula is C30H34N2O2. The van der Waals surface area contributed by atoms with Crippen molar-refractivity contribution in [2.45, 2.75) is 38.9 Å². The van der Waals surface area contributed by atoms with Gasteiger partial charge in [-0.05, 0) is 60.2 Å². The van der Waals surface area contributed by atoms with Gasteiger partial charge < -0.3 is 19.3 Å². The highest BCUT2D eigenvalue weighted by atomic mass is 16.5. The van der Waals surface area contributed by atoms with Gasteiger partial charge in [-0.1, -0.05) is 62.4 Å². The number of ether oxygens (including phenoxy) is 1. The Balaban J connectivity index is 1.69. The number of para-hydroxylation sites is 1. The van der Waals surface area contributed by atoms with Gasteiger partial charge in [0.2, 0.25) is 0 Å². The maximum atomic E-state index is 12.4. The van der Waals surface area contributed by atoms with Crippen LogP contribution in [0.5, 0.6) is 5.75 Å². The molecule has 4 nitrogen and oxygen atoms in total. The smallest absolute Gasteiger partial charge is 0.128 e. The number of carbonyl (C=O) groups is 1. The maximum absolute atomic E-state index is 12.4. The summed E-state index contributed by atoms with van der Waals surface area (Å²) in [5.74, 6) is 1.14. The molecule has 1 saturated heterocycles. The Morgan fingerprint density at radius 3 is 2.12 bits per heavy atom. The van der Waals surface area contributed by atoms with Crippen molar-refractivity contribution < 1.29 is 9.53 Å². The molecule has 0 N–H and O–H groups in total. The summed E-state index contributed by atoms with van der Waals surface area (Å²) in [4.78, 5) is 17.4. The highest BCUT2D eigenvalue weighted by Crippen LogP contribution is 2.51. The van der Waals surface area contributed by atoms with Crippen LogP contribution in [0.4, 0.5) is 11.4 Å². The van der Waals surface area contributed by atoms with Gasteiger partial charge >= 0.3 is 0 Å². The molecule has 1 aliphatic carbocycles. The van der Waals surface area contributed by atoms with Gasteiger partial charge in [0, 0.05) is 35.8 Å². The van der Waals surface area contributed by atoms with E-state index in [1.807, 2.05) is 12.1 Å². The Kier molecular flexibility index (Phi) is 6.07. The Morgan fingerprint density at radius 1 is 0.853 bits per heavy atom. The van der Waals surface area contributed by atoms with Gasteiger partial charge in [0.15, 0.2) is 0 Å². The minimum Gasteiger partial charge on any atom is -0.497 e. The normalized spacial score (nSPS) is 26.0. The first kappa shape index (κ1) is 22.5. The Hall–Kier alpha value is -3.27. The zero-order chi connectivity index (χ0) is 23.7. The van der Waals surface area contributed by atoms with Gasteiger partial charge in [0.1, 0.15) is 18.2 Å². The second kappa shape index (κ2) is 9.17. The molecule has 2 aliphatic rings. The van der Waals surface area contributed by atoms with Crippen molar-refractivity contribution >= 4 is 17.7 Å². The fraction of sp³-hybridized carbons (Fsp3) is 0.367. The van der Waals surface area contributed by atoms with E-state index in [1.165, 1.54) is 17.5 Å². The summed E-state index contributed by atoms with van der Waals surface area (Å²) in [6, 6.07) is 30.1. The highest BCUT2D eigenvalue weighted by Gasteiger charge is 2.50. The lowest BCUT2D eigenvalue weighted by Gasteiger charge is -2.59. The molecule has 0 aromatic heterocycles. The molecule has 34 heavy (non-hydrogen) atoms. The van der Waals surface area contributed by atoms with Crippen LogP contribution in [0.1, 0.15) is 38.4 Å². The van der Waals surface area contributed by atoms with Crippen molar-refractivity contribution in [3.05, 3.63) is 90.5 Å². The number of nitrogens with zero attached hydrogens (tertiary/aromatic N) is 2. The summed E-state index contributed by atoms with van der Waals surface area (Å²) in [6.45, 7) is 5.48. The van der Waals surface area contributed by atoms with E-state index in [9.17, 15) is 4.79 Å². The summed E-state index contributed by atoms with van der Waals surface area (Å²) in [7, 11) is 1.70. The van der Waals surface area contributed by atoms with Crippen LogP contribution in [0.25, 0.3) is 0 Å². The number of benzene rings is 3. The number of rotatable bonds is 5. The van der Waals surface area contributed by atoms with E-state index < -0.39 is 0 Å². The topological polar surface area (TPSA) is 32.8 Å². The number of fused-ring (bicyclic) bond motifs is 1. The molecule has 4 unspecified atom stereocenters. The minimum absolute atomic E-state index is 0.0273. The molecule has 0 amide bonds. The van der Waals surface area contributed by atoms with Crippen LogP contribution in [-0.2, 0) is 4.79 Å². The second-order valence-corrected chi connectivity index (χ2v) is 10.5. The fourth-order valence-electron chi connectivity index (χ4n) is 6.16. The predicted octanol–water partition coefficient (Wildman–Crippen LogP) is 6.34. The van der Waals surface area contributed by atoms with E-state index in [0.29, 0.717) is 0 Å². The van der Waals surface area contributed by atoms with Gasteiger partial charge in [-0.2, -0.15) is 0 Å². The molecule has 1 heterocycles. The summed E-state index contributed by atoms with van der Waals surface area (Å²) >= 11 is 0. The van der Waals surface area contributed by atoms with Crippen molar-refractivity contribution in [2.75, 3.05) is 23.5 Å². The Bertz CT molecular complexity index is 1100. The fourth-order valence-corrected chi connectivity index (χ4v) is 6.16. The predicted molar refractivity (Wildman–Crippen MR) is 138 cm³/mol. The van der Waals surface area contributed by atoms with E-state index in [1.54, 1.807) is 7.11 Å². The molecule has 4 heteroatoms. The molecule has 176 valence electrons. The third-order valence-corrected chi connectivity index (χ3v) is 7.65. The number of hydrogen-bond donors (Lipinski definition) is 0. The highest BCUT2D eigenvalue weighted by molar-refractivity contribution is 5.62. The number of anilines is 2. The lowest BCUT2D eigenvalue weighted by atomic mass is 9.63. The first-order valence-corrected chi connectivity index (χ1v) is 12.2. The molecule has 4 atom stereocenters. The summed E-state index contributed by atoms with van der Waals surface area (Å²) in [5.41, 5.74) is 3.71. The van der Waals surface area contributed by atoms with Crippen LogP contribution in [-0.4, -0.2) is 26.0 Å². The summed E-state index contributed by atoms with van der Waals surface area (Å²) in [6.07, 6.45) is 3.25. The van der Waals surface area contributed by atoms with E-state index in [0.717, 1.165) is 30.8 Å². The quantitative estimate of drug-likeness (QED) is 0.421. The van der Waals surface area contributed by atoms with Crippen molar-refractivity contribution in [1.29, 1.82) is 0 Å². The SMILES string of the molecule is COc1ccc(N2CC3C(C=O)CC(C)(C)CC3N(c3ccccc3)C2c2ccccc2)cc1. The van der Waals surface area contributed by atoms with Gasteiger partial charge in [0.05, 0.1) is 7.11 Å². The van der Waals surface area contributed by atoms with Crippen LogP contribution >= 0.6 is 0 Å². The van der Waals surface area contributed by atoms with Gasteiger partial charge in [0.25, 0.3) is 0 Å². The van der Waals surface area contributed by atoms with Crippen molar-refractivity contribution in [2.24, 2.45) is 17.3 Å². The monoisotopic (exact) mass is 454 g/mol. The number of hydrogen-bond acceptors (Lipinski definition) is 4. The minimum atomic E-state index is 0.0273. The van der Waals surface area contributed by atoms with Crippen LogP contribution < -0.4 is 14.5 Å². The first-order chi connectivity index (χ1) is 16.5. The molecular weight excluding hydrogens is 420 g/mol. The molecule has 0 bridgehead atoms. The lowest BCUT2D eigenvalue weighted by Crippen LogP contribution is -2.62. The molecule has 3 aromatic rings. The Labute approximate surface area is 203 Å². The van der Waals surface area contributed by atoms with Crippen LogP contribution in [0, 0.1) is 17.3 Å². The summed E-state index contributed by atoms with van der Waals surface area (Å²) in [5, 5.41) is 0. The zero-order valence-corrected chi connectivity index (χ0v) is 20.3.